The third kappa shape index (κ3) is 1.98. The standard InChI is InChI=1S/C7H11ClO3S/c8-3-1-2-7(4-9)5-12(10,11)6-7/h4H,1-3,5-6H2. The van der Waals surface area contributed by atoms with E-state index in [0.717, 1.165) is 6.29 Å². The molecule has 1 aliphatic rings. The number of sulfone groups is 1. The molecule has 0 aromatic carbocycles. The molecule has 1 rings (SSSR count). The number of carbonyl (C=O) groups excluding carboxylic acids is 1. The molecule has 0 amide bonds. The summed E-state index contributed by atoms with van der Waals surface area (Å²) in [5, 5.41) is 0. The zero-order chi connectivity index (χ0) is 9.24. The molecule has 1 fully saturated rings. The van der Waals surface area contributed by atoms with Crippen molar-refractivity contribution in [1.29, 1.82) is 0 Å². The molecule has 0 N–H and O–H groups in total. The summed E-state index contributed by atoms with van der Waals surface area (Å²) in [5.74, 6) is 0.510. The van der Waals surface area contributed by atoms with Gasteiger partial charge in [0.1, 0.15) is 6.29 Å². The number of aldehydes is 1. The van der Waals surface area contributed by atoms with Gasteiger partial charge in [0.05, 0.1) is 16.9 Å². The summed E-state index contributed by atoms with van der Waals surface area (Å²) in [7, 11) is -2.91. The lowest BCUT2D eigenvalue weighted by Crippen LogP contribution is -2.49. The van der Waals surface area contributed by atoms with Gasteiger partial charge < -0.3 is 4.79 Å². The molecule has 0 saturated carbocycles. The summed E-state index contributed by atoms with van der Waals surface area (Å²) in [6.07, 6.45) is 2.07. The maximum absolute atomic E-state index is 10.8. The first-order valence-electron chi connectivity index (χ1n) is 3.76. The third-order valence-electron chi connectivity index (χ3n) is 2.07. The predicted octanol–water partition coefficient (Wildman–Crippen LogP) is 0.619. The number of alkyl halides is 1. The van der Waals surface area contributed by atoms with Crippen molar-refractivity contribution >= 4 is 27.7 Å². The molecule has 12 heavy (non-hydrogen) atoms. The van der Waals surface area contributed by atoms with Crippen LogP contribution in [-0.4, -0.2) is 32.1 Å². The van der Waals surface area contributed by atoms with Crippen LogP contribution in [0.25, 0.3) is 0 Å². The Labute approximate surface area is 77.0 Å². The molecule has 0 unspecified atom stereocenters. The van der Waals surface area contributed by atoms with Gasteiger partial charge in [0.25, 0.3) is 0 Å². The predicted molar refractivity (Wildman–Crippen MR) is 47.1 cm³/mol. The van der Waals surface area contributed by atoms with Crippen LogP contribution in [0.3, 0.4) is 0 Å². The highest BCUT2D eigenvalue weighted by atomic mass is 35.5. The maximum Gasteiger partial charge on any atom is 0.152 e. The van der Waals surface area contributed by atoms with Crippen molar-refractivity contribution in [3.8, 4) is 0 Å². The Morgan fingerprint density at radius 1 is 1.42 bits per heavy atom. The molecule has 0 aliphatic carbocycles. The van der Waals surface area contributed by atoms with E-state index in [0.29, 0.717) is 18.7 Å². The number of halogens is 1. The van der Waals surface area contributed by atoms with Crippen LogP contribution < -0.4 is 0 Å². The van der Waals surface area contributed by atoms with Crippen molar-refractivity contribution < 1.29 is 13.2 Å². The second kappa shape index (κ2) is 3.34. The van der Waals surface area contributed by atoms with E-state index < -0.39 is 15.3 Å². The second-order valence-corrected chi connectivity index (χ2v) is 5.75. The van der Waals surface area contributed by atoms with Crippen molar-refractivity contribution in [3.63, 3.8) is 0 Å². The van der Waals surface area contributed by atoms with E-state index in [1.807, 2.05) is 0 Å². The molecule has 1 aliphatic heterocycles. The first-order valence-corrected chi connectivity index (χ1v) is 6.12. The van der Waals surface area contributed by atoms with E-state index >= 15 is 0 Å². The number of rotatable bonds is 4. The van der Waals surface area contributed by atoms with Crippen molar-refractivity contribution in [2.45, 2.75) is 12.8 Å². The maximum atomic E-state index is 10.8. The average molecular weight is 211 g/mol. The minimum Gasteiger partial charge on any atom is -0.303 e. The van der Waals surface area contributed by atoms with Gasteiger partial charge in [-0.3, -0.25) is 0 Å². The van der Waals surface area contributed by atoms with Crippen LogP contribution in [0.1, 0.15) is 12.8 Å². The molecule has 3 nitrogen and oxygen atoms in total. The van der Waals surface area contributed by atoms with E-state index in [1.54, 1.807) is 0 Å². The summed E-state index contributed by atoms with van der Waals surface area (Å²) < 4.78 is 21.7. The highest BCUT2D eigenvalue weighted by Gasteiger charge is 2.47. The van der Waals surface area contributed by atoms with E-state index in [4.69, 9.17) is 11.6 Å². The molecule has 0 aromatic rings. The molecule has 0 spiro atoms. The molecular formula is C7H11ClO3S. The van der Waals surface area contributed by atoms with E-state index in [1.165, 1.54) is 0 Å². The summed E-state index contributed by atoms with van der Waals surface area (Å²) in [5.41, 5.74) is -0.603. The molecule has 0 bridgehead atoms. The van der Waals surface area contributed by atoms with Gasteiger partial charge in [-0.15, -0.1) is 11.6 Å². The lowest BCUT2D eigenvalue weighted by molar-refractivity contribution is -0.115. The number of hydrogen-bond donors (Lipinski definition) is 0. The van der Waals surface area contributed by atoms with Crippen LogP contribution in [0, 0.1) is 5.41 Å². The van der Waals surface area contributed by atoms with E-state index in [-0.39, 0.29) is 11.5 Å². The fourth-order valence-corrected chi connectivity index (χ4v) is 3.75. The quantitative estimate of drug-likeness (QED) is 0.505. The van der Waals surface area contributed by atoms with Gasteiger partial charge in [0.15, 0.2) is 9.84 Å². The Morgan fingerprint density at radius 2 is 2.00 bits per heavy atom. The van der Waals surface area contributed by atoms with Crippen molar-refractivity contribution in [3.05, 3.63) is 0 Å². The lowest BCUT2D eigenvalue weighted by atomic mass is 9.88. The molecule has 0 atom stereocenters. The Bertz CT molecular complexity index is 258. The van der Waals surface area contributed by atoms with Gasteiger partial charge in [-0.2, -0.15) is 0 Å². The van der Waals surface area contributed by atoms with Crippen LogP contribution in [0.5, 0.6) is 0 Å². The van der Waals surface area contributed by atoms with Crippen LogP contribution in [0.4, 0.5) is 0 Å². The molecule has 0 radical (unpaired) electrons. The zero-order valence-electron chi connectivity index (χ0n) is 6.62. The summed E-state index contributed by atoms with van der Waals surface area (Å²) in [6, 6.07) is 0. The minimum absolute atomic E-state index is 0.0143. The van der Waals surface area contributed by atoms with Crippen LogP contribution in [-0.2, 0) is 14.6 Å². The number of carbonyl (C=O) groups is 1. The minimum atomic E-state index is -2.91. The summed E-state index contributed by atoms with van der Waals surface area (Å²) in [6.45, 7) is 0. The highest BCUT2D eigenvalue weighted by molar-refractivity contribution is 7.93. The smallest absolute Gasteiger partial charge is 0.152 e. The fourth-order valence-electron chi connectivity index (χ4n) is 1.52. The lowest BCUT2D eigenvalue weighted by Gasteiger charge is -2.35. The third-order valence-corrected chi connectivity index (χ3v) is 4.37. The topological polar surface area (TPSA) is 51.2 Å². The van der Waals surface area contributed by atoms with Gasteiger partial charge in [0, 0.05) is 5.88 Å². The van der Waals surface area contributed by atoms with Crippen LogP contribution in [0.2, 0.25) is 0 Å². The van der Waals surface area contributed by atoms with Gasteiger partial charge in [-0.05, 0) is 12.8 Å². The Balaban J connectivity index is 2.53. The first-order chi connectivity index (χ1) is 5.54. The van der Waals surface area contributed by atoms with E-state index in [2.05, 4.69) is 0 Å². The summed E-state index contributed by atoms with van der Waals surface area (Å²) >= 11 is 5.45. The summed E-state index contributed by atoms with van der Waals surface area (Å²) in [4.78, 5) is 10.6. The van der Waals surface area contributed by atoms with Crippen molar-refractivity contribution in [2.75, 3.05) is 17.4 Å². The SMILES string of the molecule is O=CC1(CCCCl)CS(=O)(=O)C1. The zero-order valence-corrected chi connectivity index (χ0v) is 8.20. The average Bonchev–Trinajstić information content (AvgIpc) is 1.96. The normalized spacial score (nSPS) is 24.4. The van der Waals surface area contributed by atoms with Gasteiger partial charge in [-0.1, -0.05) is 0 Å². The molecule has 70 valence electrons. The second-order valence-electron chi connectivity index (χ2n) is 3.31. The Hall–Kier alpha value is -0.0900. The largest absolute Gasteiger partial charge is 0.303 e. The Kier molecular flexibility index (Phi) is 2.78. The first kappa shape index (κ1) is 9.99. The van der Waals surface area contributed by atoms with Gasteiger partial charge in [-0.25, -0.2) is 8.42 Å². The fraction of sp³-hybridized carbons (Fsp3) is 0.857. The van der Waals surface area contributed by atoms with E-state index in [9.17, 15) is 13.2 Å². The molecule has 5 heteroatoms. The van der Waals surface area contributed by atoms with Gasteiger partial charge >= 0.3 is 0 Å². The monoisotopic (exact) mass is 210 g/mol. The highest BCUT2D eigenvalue weighted by Crippen LogP contribution is 2.35. The number of hydrogen-bond acceptors (Lipinski definition) is 3. The Morgan fingerprint density at radius 3 is 2.33 bits per heavy atom. The van der Waals surface area contributed by atoms with Crippen LogP contribution >= 0.6 is 11.6 Å². The molecule has 1 heterocycles. The van der Waals surface area contributed by atoms with Gasteiger partial charge in [0.2, 0.25) is 0 Å². The van der Waals surface area contributed by atoms with Crippen LogP contribution in [0.15, 0.2) is 0 Å². The molecule has 0 aromatic heterocycles. The molecular weight excluding hydrogens is 200 g/mol. The van der Waals surface area contributed by atoms with Crippen molar-refractivity contribution in [1.82, 2.24) is 0 Å². The molecule has 1 saturated heterocycles. The van der Waals surface area contributed by atoms with Crippen molar-refractivity contribution in [2.24, 2.45) is 5.41 Å².